The van der Waals surface area contributed by atoms with Crippen LogP contribution >= 0.6 is 0 Å². The summed E-state index contributed by atoms with van der Waals surface area (Å²) < 4.78 is 11.9. The van der Waals surface area contributed by atoms with Crippen LogP contribution in [-0.4, -0.2) is 72.1 Å². The number of aliphatic hydroxyl groups excluding tert-OH is 1. The van der Waals surface area contributed by atoms with E-state index in [4.69, 9.17) is 24.4 Å². The lowest BCUT2D eigenvalue weighted by atomic mass is 9.87. The first-order valence-electron chi connectivity index (χ1n) is 12.5. The van der Waals surface area contributed by atoms with E-state index in [-0.39, 0.29) is 12.6 Å². The highest BCUT2D eigenvalue weighted by Gasteiger charge is 2.29. The SMILES string of the molecule is COc1cc2c3c(c(NC4CC(O)C4)nc2cc1OCCCN1CCCC1)CCCC3.O=CO. The summed E-state index contributed by atoms with van der Waals surface area (Å²) in [6, 6.07) is 4.50. The van der Waals surface area contributed by atoms with Crippen LogP contribution in [0.1, 0.15) is 56.1 Å². The number of carboxylic acid groups (broad SMARTS) is 1. The number of aryl methyl sites for hydroxylation is 1. The van der Waals surface area contributed by atoms with Crippen LogP contribution < -0.4 is 14.8 Å². The zero-order valence-electron chi connectivity index (χ0n) is 20.1. The number of anilines is 1. The third-order valence-corrected chi connectivity index (χ3v) is 7.12. The van der Waals surface area contributed by atoms with Gasteiger partial charge in [-0.3, -0.25) is 4.79 Å². The Balaban J connectivity index is 0.000000868. The minimum atomic E-state index is -0.250. The molecule has 1 aromatic carbocycles. The van der Waals surface area contributed by atoms with Gasteiger partial charge < -0.3 is 29.9 Å². The third-order valence-electron chi connectivity index (χ3n) is 7.12. The molecule has 2 fully saturated rings. The number of nitrogens with one attached hydrogen (secondary N) is 1. The highest BCUT2D eigenvalue weighted by molar-refractivity contribution is 5.89. The summed E-state index contributed by atoms with van der Waals surface area (Å²) in [6.45, 7) is 3.99. The molecule has 1 aromatic heterocycles. The monoisotopic (exact) mass is 471 g/mol. The van der Waals surface area contributed by atoms with Crippen LogP contribution in [0, 0.1) is 0 Å². The number of methoxy groups -OCH3 is 1. The quantitative estimate of drug-likeness (QED) is 0.396. The van der Waals surface area contributed by atoms with E-state index in [9.17, 15) is 5.11 Å². The van der Waals surface area contributed by atoms with Crippen LogP contribution in [0.3, 0.4) is 0 Å². The van der Waals surface area contributed by atoms with Crippen LogP contribution in [0.15, 0.2) is 12.1 Å². The Labute approximate surface area is 201 Å². The maximum Gasteiger partial charge on any atom is 0.290 e. The molecule has 2 heterocycles. The molecule has 186 valence electrons. The molecule has 34 heavy (non-hydrogen) atoms. The van der Waals surface area contributed by atoms with Crippen molar-refractivity contribution in [2.45, 2.75) is 69.9 Å². The van der Waals surface area contributed by atoms with Gasteiger partial charge >= 0.3 is 0 Å². The van der Waals surface area contributed by atoms with Crippen molar-refractivity contribution in [3.63, 3.8) is 0 Å². The number of pyridine rings is 1. The number of hydrogen-bond donors (Lipinski definition) is 3. The summed E-state index contributed by atoms with van der Waals surface area (Å²) in [5, 5.41) is 21.4. The average Bonchev–Trinajstić information content (AvgIpc) is 3.34. The summed E-state index contributed by atoms with van der Waals surface area (Å²) in [6.07, 6.45) is 9.68. The number of aliphatic hydroxyl groups is 1. The number of carbonyl (C=O) groups is 1. The lowest BCUT2D eigenvalue weighted by Crippen LogP contribution is -2.39. The number of hydrogen-bond acceptors (Lipinski definition) is 7. The molecule has 0 spiro atoms. The second-order valence-electron chi connectivity index (χ2n) is 9.47. The van der Waals surface area contributed by atoms with Gasteiger partial charge in [-0.05, 0) is 88.1 Å². The van der Waals surface area contributed by atoms with Crippen LogP contribution in [0.2, 0.25) is 0 Å². The smallest absolute Gasteiger partial charge is 0.290 e. The van der Waals surface area contributed by atoms with Gasteiger partial charge in [0.05, 0.1) is 25.3 Å². The summed E-state index contributed by atoms with van der Waals surface area (Å²) in [7, 11) is 1.72. The van der Waals surface area contributed by atoms with Crippen LogP contribution in [-0.2, 0) is 17.6 Å². The summed E-state index contributed by atoms with van der Waals surface area (Å²) in [5.41, 5.74) is 3.72. The Bertz CT molecular complexity index is 971. The number of aromatic nitrogens is 1. The van der Waals surface area contributed by atoms with Crippen molar-refractivity contribution in [1.82, 2.24) is 9.88 Å². The molecule has 0 atom stereocenters. The molecule has 1 aliphatic heterocycles. The predicted octanol–water partition coefficient (Wildman–Crippen LogP) is 3.62. The zero-order chi connectivity index (χ0) is 23.9. The van der Waals surface area contributed by atoms with Crippen molar-refractivity contribution < 1.29 is 24.5 Å². The number of rotatable bonds is 8. The Morgan fingerprint density at radius 1 is 1.12 bits per heavy atom. The van der Waals surface area contributed by atoms with E-state index in [1.54, 1.807) is 7.11 Å². The lowest BCUT2D eigenvalue weighted by molar-refractivity contribution is -0.122. The second-order valence-corrected chi connectivity index (χ2v) is 9.47. The zero-order valence-corrected chi connectivity index (χ0v) is 20.1. The van der Waals surface area contributed by atoms with Crippen LogP contribution in [0.5, 0.6) is 11.5 Å². The first kappa shape index (κ1) is 24.5. The molecule has 0 unspecified atom stereocenters. The Hall–Kier alpha value is -2.58. The van der Waals surface area contributed by atoms with Gasteiger partial charge in [0.2, 0.25) is 0 Å². The molecule has 8 nitrogen and oxygen atoms in total. The largest absolute Gasteiger partial charge is 0.493 e. The van der Waals surface area contributed by atoms with E-state index in [1.165, 1.54) is 55.3 Å². The minimum Gasteiger partial charge on any atom is -0.493 e. The molecule has 2 aliphatic carbocycles. The molecule has 3 aliphatic rings. The summed E-state index contributed by atoms with van der Waals surface area (Å²) >= 11 is 0. The second kappa shape index (κ2) is 11.7. The van der Waals surface area contributed by atoms with Gasteiger partial charge in [0.25, 0.3) is 6.47 Å². The molecule has 0 bridgehead atoms. The van der Waals surface area contributed by atoms with Gasteiger partial charge in [-0.1, -0.05) is 0 Å². The van der Waals surface area contributed by atoms with Gasteiger partial charge in [-0.2, -0.15) is 0 Å². The molecule has 8 heteroatoms. The topological polar surface area (TPSA) is 104 Å². The van der Waals surface area contributed by atoms with Gasteiger partial charge in [0, 0.05) is 24.0 Å². The first-order chi connectivity index (χ1) is 16.6. The average molecular weight is 472 g/mol. The van der Waals surface area contributed by atoms with Gasteiger partial charge in [0.15, 0.2) is 11.5 Å². The first-order valence-corrected chi connectivity index (χ1v) is 12.5. The molecular formula is C26H37N3O5. The van der Waals surface area contributed by atoms with Crippen molar-refractivity contribution in [3.8, 4) is 11.5 Å². The summed E-state index contributed by atoms with van der Waals surface area (Å²) in [4.78, 5) is 15.9. The van der Waals surface area contributed by atoms with E-state index in [0.717, 1.165) is 61.5 Å². The Morgan fingerprint density at radius 2 is 1.82 bits per heavy atom. The molecule has 0 amide bonds. The Kier molecular flexibility index (Phi) is 8.45. The molecule has 3 N–H and O–H groups in total. The fourth-order valence-corrected chi connectivity index (χ4v) is 5.30. The summed E-state index contributed by atoms with van der Waals surface area (Å²) in [5.74, 6) is 2.58. The molecule has 1 saturated carbocycles. The number of fused-ring (bicyclic) bond motifs is 3. The molecule has 0 radical (unpaired) electrons. The van der Waals surface area contributed by atoms with E-state index < -0.39 is 0 Å². The third kappa shape index (κ3) is 5.73. The predicted molar refractivity (Wildman–Crippen MR) is 132 cm³/mol. The van der Waals surface area contributed by atoms with E-state index in [1.807, 2.05) is 0 Å². The molecule has 2 aromatic rings. The fraction of sp³-hybridized carbons (Fsp3) is 0.615. The van der Waals surface area contributed by atoms with Crippen molar-refractivity contribution in [3.05, 3.63) is 23.3 Å². The standard InChI is InChI=1S/C25H35N3O3.CH2O2/c1-30-23-15-21-19-7-2-3-8-20(19)25(26-17-13-18(29)14-17)27-22(21)16-24(23)31-12-6-11-28-9-4-5-10-28;2-1-3/h15-18,29H,2-14H2,1H3,(H,26,27);1H,(H,2,3). The number of likely N-dealkylation sites (tertiary alicyclic amines) is 1. The molecule has 5 rings (SSSR count). The minimum absolute atomic E-state index is 0.168. The van der Waals surface area contributed by atoms with Gasteiger partial charge in [-0.25, -0.2) is 4.98 Å². The lowest BCUT2D eigenvalue weighted by Gasteiger charge is -2.34. The highest BCUT2D eigenvalue weighted by Crippen LogP contribution is 2.39. The number of ether oxygens (including phenoxy) is 2. The molecular weight excluding hydrogens is 434 g/mol. The van der Waals surface area contributed by atoms with Crippen molar-refractivity contribution in [2.75, 3.05) is 38.7 Å². The van der Waals surface area contributed by atoms with Gasteiger partial charge in [-0.15, -0.1) is 0 Å². The van der Waals surface area contributed by atoms with Gasteiger partial charge in [0.1, 0.15) is 5.82 Å². The van der Waals surface area contributed by atoms with Crippen LogP contribution in [0.4, 0.5) is 5.82 Å². The molecule has 1 saturated heterocycles. The number of benzene rings is 1. The van der Waals surface area contributed by atoms with E-state index in [0.29, 0.717) is 12.6 Å². The fourth-order valence-electron chi connectivity index (χ4n) is 5.30. The maximum atomic E-state index is 9.68. The number of nitrogens with zero attached hydrogens (tertiary/aromatic N) is 2. The van der Waals surface area contributed by atoms with Crippen molar-refractivity contribution in [1.29, 1.82) is 0 Å². The van der Waals surface area contributed by atoms with Crippen molar-refractivity contribution >= 4 is 23.2 Å². The van der Waals surface area contributed by atoms with E-state index in [2.05, 4.69) is 22.3 Å². The van der Waals surface area contributed by atoms with E-state index >= 15 is 0 Å². The highest BCUT2D eigenvalue weighted by atomic mass is 16.5. The van der Waals surface area contributed by atoms with Crippen molar-refractivity contribution in [2.24, 2.45) is 0 Å². The van der Waals surface area contributed by atoms with Crippen LogP contribution in [0.25, 0.3) is 10.9 Å². The Morgan fingerprint density at radius 3 is 2.50 bits per heavy atom. The maximum absolute atomic E-state index is 9.68. The normalized spacial score (nSPS) is 21.7.